The van der Waals surface area contributed by atoms with E-state index in [0.29, 0.717) is 22.7 Å². The van der Waals surface area contributed by atoms with Gasteiger partial charge >= 0.3 is 0 Å². The van der Waals surface area contributed by atoms with Crippen molar-refractivity contribution in [3.05, 3.63) is 136 Å². The Labute approximate surface area is 265 Å². The third-order valence-electron chi connectivity index (χ3n) is 9.90. The third kappa shape index (κ3) is 4.40. The molecule has 1 spiro atoms. The van der Waals surface area contributed by atoms with Crippen LogP contribution in [0.15, 0.2) is 97.1 Å². The van der Waals surface area contributed by atoms with E-state index in [-0.39, 0.29) is 17.5 Å². The number of Topliss-reactive ketones (excluding diaryl/α,β-unsaturated/α-hetero) is 2. The number of amides is 1. The van der Waals surface area contributed by atoms with Crippen LogP contribution in [0.3, 0.4) is 0 Å². The van der Waals surface area contributed by atoms with Gasteiger partial charge in [-0.2, -0.15) is 0 Å². The molecule has 0 radical (unpaired) electrons. The summed E-state index contributed by atoms with van der Waals surface area (Å²) in [7, 11) is 0. The van der Waals surface area contributed by atoms with E-state index in [1.165, 1.54) is 0 Å². The highest BCUT2D eigenvalue weighted by Crippen LogP contribution is 2.59. The molecular weight excluding hydrogens is 556 g/mol. The fraction of sp³-hybridized carbons (Fsp3) is 0.275. The fourth-order valence-corrected chi connectivity index (χ4v) is 7.89. The maximum absolute atomic E-state index is 15.1. The molecule has 0 unspecified atom stereocenters. The standard InChI is InChI=1S/C40H38N2O3/c1-23(2)20-27-13-17-28(18-14-27)37(43)35-36(38(44)29-15-10-24(3)11-16-29)42-33-19-12-25(4)21-30(33)26(5)22-34(42)40(35)31-8-6-7-9-32(31)41-39(40)45/h6-19,21-23,34-36H,20H2,1-5H3,(H,41,45)/t34-,35+,36-,40-/m1/s1. The summed E-state index contributed by atoms with van der Waals surface area (Å²) in [4.78, 5) is 46.7. The number of nitrogens with one attached hydrogen (secondary N) is 1. The summed E-state index contributed by atoms with van der Waals surface area (Å²) in [6.07, 6.45) is 3.01. The van der Waals surface area contributed by atoms with Gasteiger partial charge in [0.2, 0.25) is 5.91 Å². The molecule has 4 atom stereocenters. The second-order valence-electron chi connectivity index (χ2n) is 13.4. The topological polar surface area (TPSA) is 66.5 Å². The number of rotatable bonds is 6. The van der Waals surface area contributed by atoms with E-state index in [4.69, 9.17) is 0 Å². The molecule has 1 amide bonds. The van der Waals surface area contributed by atoms with Crippen LogP contribution in [0.5, 0.6) is 0 Å². The average molecular weight is 595 g/mol. The van der Waals surface area contributed by atoms with Crippen molar-refractivity contribution in [1.82, 2.24) is 0 Å². The van der Waals surface area contributed by atoms with Gasteiger partial charge in [-0.1, -0.05) is 104 Å². The summed E-state index contributed by atoms with van der Waals surface area (Å²) in [5.41, 5.74) is 7.38. The first-order valence-corrected chi connectivity index (χ1v) is 15.8. The van der Waals surface area contributed by atoms with Crippen molar-refractivity contribution in [2.75, 3.05) is 10.2 Å². The van der Waals surface area contributed by atoms with Crippen molar-refractivity contribution in [1.29, 1.82) is 0 Å². The van der Waals surface area contributed by atoms with E-state index < -0.39 is 23.4 Å². The lowest BCUT2D eigenvalue weighted by molar-refractivity contribution is -0.121. The van der Waals surface area contributed by atoms with E-state index in [1.54, 1.807) is 0 Å². The van der Waals surface area contributed by atoms with Crippen molar-refractivity contribution in [2.24, 2.45) is 11.8 Å². The van der Waals surface area contributed by atoms with Crippen molar-refractivity contribution < 1.29 is 14.4 Å². The molecule has 3 aliphatic rings. The number of hydrogen-bond donors (Lipinski definition) is 1. The molecule has 4 aromatic rings. The lowest BCUT2D eigenvalue weighted by atomic mass is 9.64. The minimum atomic E-state index is -1.32. The molecule has 0 aliphatic carbocycles. The Balaban J connectivity index is 1.50. The van der Waals surface area contributed by atoms with Crippen LogP contribution in [-0.2, 0) is 16.6 Å². The first kappa shape index (κ1) is 29.0. The van der Waals surface area contributed by atoms with Crippen molar-refractivity contribution >= 4 is 34.4 Å². The number of fused-ring (bicyclic) bond motifs is 6. The minimum Gasteiger partial charge on any atom is -0.352 e. The monoisotopic (exact) mass is 594 g/mol. The van der Waals surface area contributed by atoms with E-state index in [2.05, 4.69) is 50.1 Å². The smallest absolute Gasteiger partial charge is 0.238 e. The van der Waals surface area contributed by atoms with Crippen LogP contribution in [0.25, 0.3) is 5.57 Å². The highest BCUT2D eigenvalue weighted by Gasteiger charge is 2.70. The third-order valence-corrected chi connectivity index (χ3v) is 9.90. The van der Waals surface area contributed by atoms with Crippen LogP contribution in [-0.4, -0.2) is 29.6 Å². The van der Waals surface area contributed by atoms with Crippen LogP contribution in [0.4, 0.5) is 11.4 Å². The predicted octanol–water partition coefficient (Wildman–Crippen LogP) is 7.75. The van der Waals surface area contributed by atoms with E-state index >= 15 is 4.79 Å². The van der Waals surface area contributed by atoms with Gasteiger partial charge in [-0.25, -0.2) is 0 Å². The predicted molar refractivity (Wildman–Crippen MR) is 180 cm³/mol. The van der Waals surface area contributed by atoms with Crippen LogP contribution in [0.2, 0.25) is 0 Å². The number of carbonyl (C=O) groups is 3. The zero-order chi connectivity index (χ0) is 31.6. The highest BCUT2D eigenvalue weighted by atomic mass is 16.2. The summed E-state index contributed by atoms with van der Waals surface area (Å²) < 4.78 is 0. The molecule has 226 valence electrons. The van der Waals surface area contributed by atoms with Crippen molar-refractivity contribution in [3.8, 4) is 0 Å². The SMILES string of the molecule is CC1=C[C@H]2N(c3ccc(C)cc31)[C@@H](C(=O)c1ccc(C)cc1)[C@@H](C(=O)c1ccc(CC(C)C)cc1)[C@]21C(=O)Nc2ccccc21. The Morgan fingerprint density at radius 1 is 0.822 bits per heavy atom. The number of carbonyl (C=O) groups excluding carboxylic acids is 3. The largest absolute Gasteiger partial charge is 0.352 e. The van der Waals surface area contributed by atoms with Gasteiger partial charge < -0.3 is 10.2 Å². The highest BCUT2D eigenvalue weighted by molar-refractivity contribution is 6.18. The molecule has 5 nitrogen and oxygen atoms in total. The van der Waals surface area contributed by atoms with E-state index in [0.717, 1.165) is 45.5 Å². The van der Waals surface area contributed by atoms with Crippen LogP contribution >= 0.6 is 0 Å². The zero-order valence-corrected chi connectivity index (χ0v) is 26.4. The van der Waals surface area contributed by atoms with E-state index in [1.807, 2.05) is 91.9 Å². The van der Waals surface area contributed by atoms with Crippen LogP contribution in [0, 0.1) is 25.7 Å². The summed E-state index contributed by atoms with van der Waals surface area (Å²) >= 11 is 0. The van der Waals surface area contributed by atoms with Crippen LogP contribution < -0.4 is 10.2 Å². The van der Waals surface area contributed by atoms with Gasteiger partial charge in [0.15, 0.2) is 11.6 Å². The molecule has 1 N–H and O–H groups in total. The Morgan fingerprint density at radius 2 is 1.47 bits per heavy atom. The van der Waals surface area contributed by atoms with E-state index in [9.17, 15) is 9.59 Å². The maximum atomic E-state index is 15.1. The minimum absolute atomic E-state index is 0.164. The summed E-state index contributed by atoms with van der Waals surface area (Å²) in [6, 6.07) is 27.7. The number of ketones is 2. The molecule has 1 fully saturated rings. The lowest BCUT2D eigenvalue weighted by Gasteiger charge is -2.39. The Kier molecular flexibility index (Phi) is 6.88. The Bertz CT molecular complexity index is 1890. The maximum Gasteiger partial charge on any atom is 0.238 e. The van der Waals surface area contributed by atoms with Gasteiger partial charge in [-0.15, -0.1) is 0 Å². The van der Waals surface area contributed by atoms with Gasteiger partial charge in [0, 0.05) is 28.1 Å². The molecular formula is C40H38N2O3. The number of anilines is 2. The average Bonchev–Trinajstić information content (AvgIpc) is 3.49. The van der Waals surface area contributed by atoms with Crippen molar-refractivity contribution in [3.63, 3.8) is 0 Å². The molecule has 0 saturated carbocycles. The second-order valence-corrected chi connectivity index (χ2v) is 13.4. The molecule has 4 aromatic carbocycles. The number of para-hydroxylation sites is 1. The van der Waals surface area contributed by atoms with Crippen LogP contribution in [0.1, 0.15) is 69.3 Å². The molecule has 5 heteroatoms. The molecule has 3 aliphatic heterocycles. The number of allylic oxidation sites excluding steroid dienone is 1. The normalized spacial score (nSPS) is 23.0. The molecule has 0 aromatic heterocycles. The van der Waals surface area contributed by atoms with Gasteiger partial charge in [0.05, 0.1) is 12.0 Å². The summed E-state index contributed by atoms with van der Waals surface area (Å²) in [5, 5.41) is 3.13. The summed E-state index contributed by atoms with van der Waals surface area (Å²) in [6.45, 7) is 10.4. The summed E-state index contributed by atoms with van der Waals surface area (Å²) in [5.74, 6) is -1.10. The molecule has 1 saturated heterocycles. The second kappa shape index (κ2) is 10.7. The first-order valence-electron chi connectivity index (χ1n) is 15.8. The molecule has 3 heterocycles. The number of nitrogens with zero attached hydrogens (tertiary/aromatic N) is 1. The zero-order valence-electron chi connectivity index (χ0n) is 26.4. The molecule has 45 heavy (non-hydrogen) atoms. The number of aryl methyl sites for hydroxylation is 2. The van der Waals surface area contributed by atoms with Gasteiger partial charge in [-0.3, -0.25) is 14.4 Å². The molecule has 7 rings (SSSR count). The first-order chi connectivity index (χ1) is 21.6. The quantitative estimate of drug-likeness (QED) is 0.232. The number of hydrogen-bond acceptors (Lipinski definition) is 4. The molecule has 0 bridgehead atoms. The van der Waals surface area contributed by atoms with Gasteiger partial charge in [0.1, 0.15) is 11.5 Å². The number of benzene rings is 4. The van der Waals surface area contributed by atoms with Gasteiger partial charge in [-0.05, 0) is 68.0 Å². The fourth-order valence-electron chi connectivity index (χ4n) is 7.89. The van der Waals surface area contributed by atoms with Crippen molar-refractivity contribution in [2.45, 2.75) is 58.5 Å². The Hall–Kier alpha value is -4.77. The Morgan fingerprint density at radius 3 is 2.18 bits per heavy atom. The lowest BCUT2D eigenvalue weighted by Crippen LogP contribution is -2.51. The van der Waals surface area contributed by atoms with Gasteiger partial charge in [0.25, 0.3) is 0 Å².